The molecule has 0 spiro atoms. The van der Waals surface area contributed by atoms with Gasteiger partial charge in [-0.2, -0.15) is 0 Å². The second-order valence-electron chi connectivity index (χ2n) is 8.73. The van der Waals surface area contributed by atoms with Crippen LogP contribution >= 0.6 is 11.3 Å². The molecule has 1 N–H and O–H groups in total. The lowest BCUT2D eigenvalue weighted by Crippen LogP contribution is -2.48. The van der Waals surface area contributed by atoms with Crippen molar-refractivity contribution < 1.29 is 23.9 Å². The number of thiazole rings is 1. The van der Waals surface area contributed by atoms with E-state index in [0.29, 0.717) is 36.1 Å². The van der Waals surface area contributed by atoms with E-state index in [0.717, 1.165) is 10.6 Å². The molecule has 0 saturated carbocycles. The molecule has 3 amide bonds. The fourth-order valence-corrected chi connectivity index (χ4v) is 4.61. The molecule has 0 bridgehead atoms. The minimum absolute atomic E-state index is 0.121. The third-order valence-electron chi connectivity index (χ3n) is 5.06. The van der Waals surface area contributed by atoms with Crippen LogP contribution in [0, 0.1) is 0 Å². The fraction of sp³-hybridized carbons (Fsp3) is 0.455. The van der Waals surface area contributed by atoms with E-state index in [-0.39, 0.29) is 24.5 Å². The second-order valence-corrected chi connectivity index (χ2v) is 9.82. The number of benzene rings is 1. The number of aromatic nitrogens is 1. The molecule has 3 heterocycles. The first-order valence-corrected chi connectivity index (χ1v) is 11.2. The van der Waals surface area contributed by atoms with Crippen LogP contribution in [-0.2, 0) is 27.3 Å². The zero-order chi connectivity index (χ0) is 23.0. The topological polar surface area (TPSA) is 101 Å². The maximum Gasteiger partial charge on any atom is 0.410 e. The van der Waals surface area contributed by atoms with Crippen LogP contribution < -0.4 is 15.0 Å². The molecule has 0 radical (unpaired) electrons. The Kier molecular flexibility index (Phi) is 5.81. The average Bonchev–Trinajstić information content (AvgIpc) is 3.12. The lowest BCUT2D eigenvalue weighted by molar-refractivity contribution is -0.123. The largest absolute Gasteiger partial charge is 0.476 e. The first kappa shape index (κ1) is 22.1. The van der Waals surface area contributed by atoms with E-state index in [4.69, 9.17) is 9.47 Å². The quantitative estimate of drug-likeness (QED) is 0.742. The zero-order valence-corrected chi connectivity index (χ0v) is 19.3. The molecule has 0 aliphatic carbocycles. The molecule has 4 rings (SSSR count). The van der Waals surface area contributed by atoms with Gasteiger partial charge in [0.25, 0.3) is 5.91 Å². The molecular formula is C22H26N4O5S. The first-order chi connectivity index (χ1) is 15.1. The summed E-state index contributed by atoms with van der Waals surface area (Å²) in [5.41, 5.74) is 0.956. The summed E-state index contributed by atoms with van der Waals surface area (Å²) in [6.07, 6.45) is -0.624. The van der Waals surface area contributed by atoms with Crippen LogP contribution in [0.1, 0.15) is 38.3 Å². The SMILES string of the molecule is CC(=O)N1C[C@H](C(=O)Nc2nc3c(s2)CN(C(=O)OC(C)(C)C)CC3)Oc2ccccc21. The van der Waals surface area contributed by atoms with Gasteiger partial charge in [-0.15, -0.1) is 0 Å². The molecule has 1 atom stereocenters. The Morgan fingerprint density at radius 3 is 2.72 bits per heavy atom. The number of nitrogens with one attached hydrogen (secondary N) is 1. The number of fused-ring (bicyclic) bond motifs is 2. The summed E-state index contributed by atoms with van der Waals surface area (Å²) in [5.74, 6) is -0.0492. The van der Waals surface area contributed by atoms with E-state index < -0.39 is 11.7 Å². The summed E-state index contributed by atoms with van der Waals surface area (Å²) in [6.45, 7) is 7.98. The maximum absolute atomic E-state index is 12.9. The lowest BCUT2D eigenvalue weighted by atomic mass is 10.1. The Bertz CT molecular complexity index is 1060. The number of carbonyl (C=O) groups is 3. The maximum atomic E-state index is 12.9. The van der Waals surface area contributed by atoms with Gasteiger partial charge in [0.05, 0.1) is 24.5 Å². The molecule has 9 nitrogen and oxygen atoms in total. The molecule has 0 unspecified atom stereocenters. The number of amides is 3. The normalized spacial score (nSPS) is 17.7. The second kappa shape index (κ2) is 8.42. The molecular weight excluding hydrogens is 432 g/mol. The minimum Gasteiger partial charge on any atom is -0.476 e. The van der Waals surface area contributed by atoms with Crippen molar-refractivity contribution in [1.82, 2.24) is 9.88 Å². The molecule has 1 aromatic heterocycles. The molecule has 10 heteroatoms. The molecule has 2 aromatic rings. The standard InChI is InChI=1S/C22H26N4O5S/c1-13(27)26-11-17(30-16-8-6-5-7-15(16)26)19(28)24-20-23-14-9-10-25(12-18(14)32-20)21(29)31-22(2,3)4/h5-8,17H,9-12H2,1-4H3,(H,23,24,28)/t17-/m1/s1. The first-order valence-electron chi connectivity index (χ1n) is 10.4. The number of hydrogen-bond acceptors (Lipinski definition) is 7. The molecule has 1 aromatic carbocycles. The van der Waals surface area contributed by atoms with Crippen LogP contribution in [0.2, 0.25) is 0 Å². The Balaban J connectivity index is 1.43. The van der Waals surface area contributed by atoms with Crippen LogP contribution in [0.5, 0.6) is 5.75 Å². The molecule has 2 aliphatic rings. The van der Waals surface area contributed by atoms with Crippen molar-refractivity contribution in [2.45, 2.75) is 52.4 Å². The third kappa shape index (κ3) is 4.69. The molecule has 32 heavy (non-hydrogen) atoms. The summed E-state index contributed by atoms with van der Waals surface area (Å²) in [6, 6.07) is 7.14. The molecule has 0 saturated heterocycles. The number of anilines is 2. The number of nitrogens with zero attached hydrogens (tertiary/aromatic N) is 3. The summed E-state index contributed by atoms with van der Waals surface area (Å²) < 4.78 is 11.3. The van der Waals surface area contributed by atoms with Crippen molar-refractivity contribution in [2.24, 2.45) is 0 Å². The predicted octanol–water partition coefficient (Wildman–Crippen LogP) is 3.19. The van der Waals surface area contributed by atoms with Gasteiger partial charge < -0.3 is 19.3 Å². The van der Waals surface area contributed by atoms with Gasteiger partial charge in [0.1, 0.15) is 11.4 Å². The highest BCUT2D eigenvalue weighted by Crippen LogP contribution is 2.34. The van der Waals surface area contributed by atoms with Crippen molar-refractivity contribution in [3.63, 3.8) is 0 Å². The highest BCUT2D eigenvalue weighted by atomic mass is 32.1. The number of para-hydroxylation sites is 2. The van der Waals surface area contributed by atoms with E-state index in [1.165, 1.54) is 23.2 Å². The van der Waals surface area contributed by atoms with Gasteiger partial charge in [-0.3, -0.25) is 14.9 Å². The van der Waals surface area contributed by atoms with E-state index in [1.54, 1.807) is 23.1 Å². The van der Waals surface area contributed by atoms with Gasteiger partial charge in [-0.25, -0.2) is 9.78 Å². The zero-order valence-electron chi connectivity index (χ0n) is 18.5. The number of ether oxygens (including phenoxy) is 2. The van der Waals surface area contributed by atoms with Gasteiger partial charge >= 0.3 is 6.09 Å². The highest BCUT2D eigenvalue weighted by molar-refractivity contribution is 7.15. The van der Waals surface area contributed by atoms with Crippen molar-refractivity contribution in [3.05, 3.63) is 34.8 Å². The summed E-state index contributed by atoms with van der Waals surface area (Å²) in [7, 11) is 0. The third-order valence-corrected chi connectivity index (χ3v) is 6.06. The highest BCUT2D eigenvalue weighted by Gasteiger charge is 2.34. The van der Waals surface area contributed by atoms with Crippen molar-refractivity contribution >= 4 is 40.1 Å². The minimum atomic E-state index is -0.854. The van der Waals surface area contributed by atoms with Gasteiger partial charge in [0.15, 0.2) is 11.2 Å². The van der Waals surface area contributed by atoms with Gasteiger partial charge in [-0.1, -0.05) is 23.5 Å². The van der Waals surface area contributed by atoms with Crippen molar-refractivity contribution in [1.29, 1.82) is 0 Å². The van der Waals surface area contributed by atoms with Gasteiger partial charge in [-0.05, 0) is 32.9 Å². The Hall–Kier alpha value is -3.14. The fourth-order valence-electron chi connectivity index (χ4n) is 3.59. The Morgan fingerprint density at radius 1 is 1.25 bits per heavy atom. The number of hydrogen-bond donors (Lipinski definition) is 1. The molecule has 170 valence electrons. The van der Waals surface area contributed by atoms with Crippen molar-refractivity contribution in [3.8, 4) is 5.75 Å². The van der Waals surface area contributed by atoms with E-state index in [9.17, 15) is 14.4 Å². The van der Waals surface area contributed by atoms with E-state index >= 15 is 0 Å². The van der Waals surface area contributed by atoms with Crippen molar-refractivity contribution in [2.75, 3.05) is 23.3 Å². The number of carbonyl (C=O) groups excluding carboxylic acids is 3. The smallest absolute Gasteiger partial charge is 0.410 e. The molecule has 2 aliphatic heterocycles. The van der Waals surface area contributed by atoms with Crippen LogP contribution in [0.3, 0.4) is 0 Å². The Labute approximate surface area is 190 Å². The summed E-state index contributed by atoms with van der Waals surface area (Å²) >= 11 is 1.33. The average molecular weight is 459 g/mol. The Morgan fingerprint density at radius 2 is 2.00 bits per heavy atom. The van der Waals surface area contributed by atoms with Gasteiger partial charge in [0.2, 0.25) is 5.91 Å². The van der Waals surface area contributed by atoms with Crippen LogP contribution in [0.15, 0.2) is 24.3 Å². The van der Waals surface area contributed by atoms with Gasteiger partial charge in [0, 0.05) is 24.8 Å². The molecule has 0 fully saturated rings. The van der Waals surface area contributed by atoms with E-state index in [2.05, 4.69) is 10.3 Å². The predicted molar refractivity (Wildman–Crippen MR) is 120 cm³/mol. The lowest BCUT2D eigenvalue weighted by Gasteiger charge is -2.33. The summed E-state index contributed by atoms with van der Waals surface area (Å²) in [4.78, 5) is 46.0. The van der Waals surface area contributed by atoms with Crippen LogP contribution in [0.25, 0.3) is 0 Å². The monoisotopic (exact) mass is 458 g/mol. The van der Waals surface area contributed by atoms with E-state index in [1.807, 2.05) is 26.8 Å². The number of rotatable bonds is 2. The van der Waals surface area contributed by atoms with Crippen LogP contribution in [-0.4, -0.2) is 52.6 Å². The summed E-state index contributed by atoms with van der Waals surface area (Å²) in [5, 5.41) is 3.26. The van der Waals surface area contributed by atoms with Crippen LogP contribution in [0.4, 0.5) is 15.6 Å².